The van der Waals surface area contributed by atoms with E-state index in [1.165, 1.54) is 25.8 Å². The fourth-order valence-corrected chi connectivity index (χ4v) is 3.67. The third-order valence-electron chi connectivity index (χ3n) is 5.56. The number of ketones is 1. The highest BCUT2D eigenvalue weighted by atomic mass is 16.5. The first-order valence-corrected chi connectivity index (χ1v) is 10.8. The third kappa shape index (κ3) is 4.53. The molecule has 3 aromatic carbocycles. The van der Waals surface area contributed by atoms with E-state index in [2.05, 4.69) is 20.8 Å². The van der Waals surface area contributed by atoms with Crippen molar-refractivity contribution in [2.45, 2.75) is 26.2 Å². The Morgan fingerprint density at radius 3 is 2.15 bits per heavy atom. The van der Waals surface area contributed by atoms with E-state index in [1.807, 2.05) is 24.3 Å². The number of benzene rings is 3. The van der Waals surface area contributed by atoms with Gasteiger partial charge in [0.2, 0.25) is 5.78 Å². The Labute approximate surface area is 198 Å². The first-order valence-electron chi connectivity index (χ1n) is 10.8. The van der Waals surface area contributed by atoms with Crippen LogP contribution in [0.1, 0.15) is 52.6 Å². The molecule has 174 valence electrons. The van der Waals surface area contributed by atoms with Crippen LogP contribution < -0.4 is 18.9 Å². The lowest BCUT2D eigenvalue weighted by molar-refractivity contribution is 0.0727. The van der Waals surface area contributed by atoms with E-state index in [9.17, 15) is 9.59 Å². The summed E-state index contributed by atoms with van der Waals surface area (Å²) in [6.07, 6.45) is 1.71. The smallest absolute Gasteiger partial charge is 0.351 e. The predicted octanol–water partition coefficient (Wildman–Crippen LogP) is 5.84. The molecular weight excluding hydrogens is 432 g/mol. The van der Waals surface area contributed by atoms with Crippen molar-refractivity contribution in [2.24, 2.45) is 0 Å². The molecular formula is C28H26O6. The summed E-state index contributed by atoms with van der Waals surface area (Å²) in [5.74, 6) is 0.584. The molecule has 34 heavy (non-hydrogen) atoms. The van der Waals surface area contributed by atoms with Gasteiger partial charge in [-0.05, 0) is 46.9 Å². The van der Waals surface area contributed by atoms with Crippen LogP contribution in [0.15, 0.2) is 66.4 Å². The number of hydrogen-bond acceptors (Lipinski definition) is 6. The molecule has 1 aliphatic heterocycles. The van der Waals surface area contributed by atoms with E-state index in [0.717, 1.165) is 5.56 Å². The largest absolute Gasteiger partial charge is 0.496 e. The maximum atomic E-state index is 12.8. The summed E-state index contributed by atoms with van der Waals surface area (Å²) >= 11 is 0. The van der Waals surface area contributed by atoms with Gasteiger partial charge in [-0.1, -0.05) is 51.1 Å². The Morgan fingerprint density at radius 2 is 1.56 bits per heavy atom. The van der Waals surface area contributed by atoms with Gasteiger partial charge in [0.05, 0.1) is 19.8 Å². The zero-order chi connectivity index (χ0) is 24.5. The molecule has 6 nitrogen and oxygen atoms in total. The molecule has 0 spiro atoms. The number of hydrogen-bond donors (Lipinski definition) is 0. The quantitative estimate of drug-likeness (QED) is 0.272. The summed E-state index contributed by atoms with van der Waals surface area (Å²) in [5.41, 5.74) is 2.69. The fraction of sp³-hybridized carbons (Fsp3) is 0.214. The van der Waals surface area contributed by atoms with Crippen molar-refractivity contribution < 1.29 is 28.5 Å². The number of rotatable bonds is 5. The molecule has 1 heterocycles. The molecule has 0 aromatic heterocycles. The zero-order valence-corrected chi connectivity index (χ0v) is 19.8. The summed E-state index contributed by atoms with van der Waals surface area (Å²) in [6.45, 7) is 6.44. The van der Waals surface area contributed by atoms with Crippen LogP contribution in [-0.4, -0.2) is 26.0 Å². The third-order valence-corrected chi connectivity index (χ3v) is 5.56. The van der Waals surface area contributed by atoms with Crippen LogP contribution in [0.4, 0.5) is 0 Å². The second-order valence-corrected chi connectivity index (χ2v) is 8.90. The van der Waals surface area contributed by atoms with Gasteiger partial charge in [0.25, 0.3) is 0 Å². The van der Waals surface area contributed by atoms with Crippen molar-refractivity contribution in [1.82, 2.24) is 0 Å². The molecule has 4 rings (SSSR count). The van der Waals surface area contributed by atoms with Crippen molar-refractivity contribution in [1.29, 1.82) is 0 Å². The van der Waals surface area contributed by atoms with Crippen molar-refractivity contribution >= 4 is 17.8 Å². The molecule has 0 N–H and O–H groups in total. The van der Waals surface area contributed by atoms with Crippen LogP contribution in [0.3, 0.4) is 0 Å². The molecule has 1 aliphatic rings. The summed E-state index contributed by atoms with van der Waals surface area (Å²) in [6, 6.07) is 17.7. The van der Waals surface area contributed by atoms with Crippen LogP contribution >= 0.6 is 0 Å². The molecule has 0 bridgehead atoms. The highest BCUT2D eigenvalue weighted by molar-refractivity contribution is 6.14. The molecule has 0 saturated heterocycles. The number of Topliss-reactive ketones (excluding diaryl/α,β-unsaturated/α-hetero) is 1. The summed E-state index contributed by atoms with van der Waals surface area (Å²) in [5, 5.41) is 0. The number of carbonyl (C=O) groups excluding carboxylic acids is 2. The minimum Gasteiger partial charge on any atom is -0.496 e. The van der Waals surface area contributed by atoms with E-state index < -0.39 is 5.97 Å². The van der Waals surface area contributed by atoms with Crippen LogP contribution in [0.2, 0.25) is 0 Å². The molecule has 3 aromatic rings. The fourth-order valence-electron chi connectivity index (χ4n) is 3.67. The number of esters is 1. The van der Waals surface area contributed by atoms with Gasteiger partial charge in [0.1, 0.15) is 28.6 Å². The molecule has 0 radical (unpaired) electrons. The monoisotopic (exact) mass is 458 g/mol. The minimum absolute atomic E-state index is 0.0448. The standard InChI is InChI=1S/C28H26O6/c1-28(2,3)18-11-9-17(10-12-18)15-24-26(29)20-14-13-19(16-23(20)34-24)33-27(30)25-21(31-4)7-6-8-22(25)32-5/h6-16H,1-5H3. The number of allylic oxidation sites excluding steroid dienone is 1. The van der Waals surface area contributed by atoms with Crippen molar-refractivity contribution in [2.75, 3.05) is 14.2 Å². The Kier molecular flexibility index (Phi) is 6.16. The maximum absolute atomic E-state index is 12.8. The van der Waals surface area contributed by atoms with Gasteiger partial charge in [-0.15, -0.1) is 0 Å². The predicted molar refractivity (Wildman–Crippen MR) is 129 cm³/mol. The molecule has 6 heteroatoms. The average Bonchev–Trinajstić information content (AvgIpc) is 3.12. The Balaban J connectivity index is 1.55. The Bertz CT molecular complexity index is 1260. The maximum Gasteiger partial charge on any atom is 0.351 e. The number of carbonyl (C=O) groups is 2. The van der Waals surface area contributed by atoms with Gasteiger partial charge in [0, 0.05) is 6.07 Å². The highest BCUT2D eigenvalue weighted by Crippen LogP contribution is 2.36. The molecule has 0 fully saturated rings. The van der Waals surface area contributed by atoms with Gasteiger partial charge in [0.15, 0.2) is 5.76 Å². The highest BCUT2D eigenvalue weighted by Gasteiger charge is 2.29. The van der Waals surface area contributed by atoms with Gasteiger partial charge in [-0.3, -0.25) is 4.79 Å². The van der Waals surface area contributed by atoms with Crippen molar-refractivity contribution in [3.05, 3.63) is 88.7 Å². The average molecular weight is 459 g/mol. The number of fused-ring (bicyclic) bond motifs is 1. The Morgan fingerprint density at radius 1 is 0.912 bits per heavy atom. The molecule has 0 unspecified atom stereocenters. The van der Waals surface area contributed by atoms with Gasteiger partial charge in [-0.2, -0.15) is 0 Å². The van der Waals surface area contributed by atoms with Gasteiger partial charge in [-0.25, -0.2) is 4.79 Å². The first kappa shape index (κ1) is 23.1. The van der Waals surface area contributed by atoms with E-state index >= 15 is 0 Å². The van der Waals surface area contributed by atoms with E-state index in [4.69, 9.17) is 18.9 Å². The lowest BCUT2D eigenvalue weighted by Gasteiger charge is -2.18. The summed E-state index contributed by atoms with van der Waals surface area (Å²) in [7, 11) is 2.93. The first-order chi connectivity index (χ1) is 16.2. The van der Waals surface area contributed by atoms with Crippen LogP contribution in [0.25, 0.3) is 6.08 Å². The van der Waals surface area contributed by atoms with Gasteiger partial charge >= 0.3 is 5.97 Å². The SMILES string of the molecule is COc1cccc(OC)c1C(=O)Oc1ccc2c(c1)OC(=Cc1ccc(C(C)(C)C)cc1)C2=O. The van der Waals surface area contributed by atoms with Crippen molar-refractivity contribution in [3.8, 4) is 23.0 Å². The zero-order valence-electron chi connectivity index (χ0n) is 19.8. The summed E-state index contributed by atoms with van der Waals surface area (Å²) in [4.78, 5) is 25.7. The second-order valence-electron chi connectivity index (χ2n) is 8.90. The van der Waals surface area contributed by atoms with Crippen LogP contribution in [-0.2, 0) is 5.41 Å². The van der Waals surface area contributed by atoms with Crippen LogP contribution in [0.5, 0.6) is 23.0 Å². The molecule has 0 amide bonds. The lowest BCUT2D eigenvalue weighted by Crippen LogP contribution is -2.12. The van der Waals surface area contributed by atoms with E-state index in [0.29, 0.717) is 22.8 Å². The number of ether oxygens (including phenoxy) is 4. The minimum atomic E-state index is -0.645. The van der Waals surface area contributed by atoms with Gasteiger partial charge < -0.3 is 18.9 Å². The summed E-state index contributed by atoms with van der Waals surface area (Å²) < 4.78 is 21.9. The normalized spacial score (nSPS) is 13.9. The molecule has 0 atom stereocenters. The Hall–Kier alpha value is -4.06. The van der Waals surface area contributed by atoms with Crippen molar-refractivity contribution in [3.63, 3.8) is 0 Å². The van der Waals surface area contributed by atoms with Crippen LogP contribution in [0, 0.1) is 0 Å². The number of methoxy groups -OCH3 is 2. The molecule has 0 aliphatic carbocycles. The van der Waals surface area contributed by atoms with E-state index in [1.54, 1.807) is 36.4 Å². The van der Waals surface area contributed by atoms with E-state index in [-0.39, 0.29) is 28.3 Å². The molecule has 0 saturated carbocycles. The lowest BCUT2D eigenvalue weighted by atomic mass is 9.86. The second kappa shape index (κ2) is 9.06. The topological polar surface area (TPSA) is 71.1 Å².